The van der Waals surface area contributed by atoms with E-state index in [0.29, 0.717) is 19.0 Å². The molecule has 16 heavy (non-hydrogen) atoms. The van der Waals surface area contributed by atoms with Crippen LogP contribution in [0.1, 0.15) is 32.5 Å². The summed E-state index contributed by atoms with van der Waals surface area (Å²) in [4.78, 5) is 4.26. The zero-order chi connectivity index (χ0) is 12.0. The Hall–Kier alpha value is -0.990. The molecule has 0 radical (unpaired) electrons. The molecule has 0 bridgehead atoms. The molecule has 88 valence electrons. The summed E-state index contributed by atoms with van der Waals surface area (Å²) < 4.78 is 5.28. The van der Waals surface area contributed by atoms with Crippen LogP contribution in [0.5, 0.6) is 0 Å². The van der Waals surface area contributed by atoms with Gasteiger partial charge in [0, 0.05) is 4.75 Å². The van der Waals surface area contributed by atoms with E-state index in [1.54, 1.807) is 11.8 Å². The van der Waals surface area contributed by atoms with Crippen molar-refractivity contribution in [3.63, 3.8) is 0 Å². The lowest BCUT2D eigenvalue weighted by Gasteiger charge is -2.15. The van der Waals surface area contributed by atoms with E-state index in [2.05, 4.69) is 42.1 Å². The van der Waals surface area contributed by atoms with Crippen molar-refractivity contribution in [2.45, 2.75) is 37.8 Å². The fourth-order valence-electron chi connectivity index (χ4n) is 0.943. The van der Waals surface area contributed by atoms with Gasteiger partial charge in [-0.25, -0.2) is 0 Å². The standard InChI is InChI=1S/C11H17N3OS/c1-5-6-12-7-10-13-9(14-15-10)8-16-11(2,3)4/h1,12H,6-8H2,2-4H3. The third-order valence-electron chi connectivity index (χ3n) is 1.65. The van der Waals surface area contributed by atoms with Crippen molar-refractivity contribution in [3.8, 4) is 12.3 Å². The first kappa shape index (κ1) is 13.1. The second-order valence-corrected chi connectivity index (χ2v) is 6.12. The average molecular weight is 239 g/mol. The molecule has 0 saturated heterocycles. The normalized spacial score (nSPS) is 11.4. The number of hydrogen-bond acceptors (Lipinski definition) is 5. The van der Waals surface area contributed by atoms with Crippen LogP contribution in [0, 0.1) is 12.3 Å². The van der Waals surface area contributed by atoms with Gasteiger partial charge in [0.2, 0.25) is 5.89 Å². The van der Waals surface area contributed by atoms with Gasteiger partial charge in [0.05, 0.1) is 18.8 Å². The van der Waals surface area contributed by atoms with Crippen LogP contribution in [0.15, 0.2) is 4.52 Å². The van der Waals surface area contributed by atoms with Crippen molar-refractivity contribution in [1.29, 1.82) is 0 Å². The van der Waals surface area contributed by atoms with Crippen molar-refractivity contribution in [1.82, 2.24) is 15.5 Å². The lowest BCUT2D eigenvalue weighted by Crippen LogP contribution is -2.13. The van der Waals surface area contributed by atoms with Crippen LogP contribution >= 0.6 is 11.8 Å². The molecule has 0 atom stereocenters. The minimum atomic E-state index is 0.211. The van der Waals surface area contributed by atoms with E-state index >= 15 is 0 Å². The summed E-state index contributed by atoms with van der Waals surface area (Å²) in [5, 5.41) is 6.90. The first-order valence-corrected chi connectivity index (χ1v) is 6.09. The molecule has 0 spiro atoms. The minimum Gasteiger partial charge on any atom is -0.338 e. The fourth-order valence-corrected chi connectivity index (χ4v) is 1.62. The van der Waals surface area contributed by atoms with Crippen molar-refractivity contribution < 1.29 is 4.52 Å². The zero-order valence-corrected chi connectivity index (χ0v) is 10.7. The Morgan fingerprint density at radius 3 is 2.88 bits per heavy atom. The van der Waals surface area contributed by atoms with Gasteiger partial charge in [0.15, 0.2) is 5.82 Å². The third-order valence-corrected chi connectivity index (χ3v) is 2.92. The molecule has 0 fully saturated rings. The van der Waals surface area contributed by atoms with Gasteiger partial charge >= 0.3 is 0 Å². The molecule has 0 amide bonds. The number of aromatic nitrogens is 2. The van der Waals surface area contributed by atoms with E-state index in [9.17, 15) is 0 Å². The number of nitrogens with one attached hydrogen (secondary N) is 1. The number of nitrogens with zero attached hydrogens (tertiary/aromatic N) is 2. The lowest BCUT2D eigenvalue weighted by molar-refractivity contribution is 0.366. The molecular formula is C11H17N3OS. The number of hydrogen-bond donors (Lipinski definition) is 1. The van der Waals surface area contributed by atoms with Crippen molar-refractivity contribution >= 4 is 11.8 Å². The molecule has 0 aliphatic heterocycles. The van der Waals surface area contributed by atoms with Crippen LogP contribution in [0.3, 0.4) is 0 Å². The maximum Gasteiger partial charge on any atom is 0.240 e. The van der Waals surface area contributed by atoms with Gasteiger partial charge in [-0.15, -0.1) is 18.2 Å². The number of thioether (sulfide) groups is 1. The number of terminal acetylenes is 1. The van der Waals surface area contributed by atoms with Crippen LogP contribution in [0.2, 0.25) is 0 Å². The van der Waals surface area contributed by atoms with Gasteiger partial charge in [-0.2, -0.15) is 4.98 Å². The predicted molar refractivity (Wildman–Crippen MR) is 65.9 cm³/mol. The monoisotopic (exact) mass is 239 g/mol. The molecule has 4 nitrogen and oxygen atoms in total. The summed E-state index contributed by atoms with van der Waals surface area (Å²) in [5.74, 6) is 4.57. The van der Waals surface area contributed by atoms with Crippen LogP contribution in [0.25, 0.3) is 0 Å². The Labute approximate surface area is 101 Å². The van der Waals surface area contributed by atoms with Crippen LogP contribution in [-0.2, 0) is 12.3 Å². The van der Waals surface area contributed by atoms with Crippen molar-refractivity contribution in [2.24, 2.45) is 0 Å². The Bertz CT molecular complexity index is 362. The van der Waals surface area contributed by atoms with E-state index in [4.69, 9.17) is 10.9 Å². The van der Waals surface area contributed by atoms with Gasteiger partial charge in [0.25, 0.3) is 0 Å². The van der Waals surface area contributed by atoms with Crippen LogP contribution in [0.4, 0.5) is 0 Å². The summed E-state index contributed by atoms with van der Waals surface area (Å²) >= 11 is 1.79. The van der Waals surface area contributed by atoms with E-state index in [0.717, 1.165) is 11.6 Å². The highest BCUT2D eigenvalue weighted by Crippen LogP contribution is 2.25. The van der Waals surface area contributed by atoms with Gasteiger partial charge in [0.1, 0.15) is 0 Å². The van der Waals surface area contributed by atoms with Gasteiger partial charge in [-0.05, 0) is 0 Å². The smallest absolute Gasteiger partial charge is 0.240 e. The molecule has 0 aliphatic carbocycles. The Morgan fingerprint density at radius 1 is 1.50 bits per heavy atom. The summed E-state index contributed by atoms with van der Waals surface area (Å²) in [6.07, 6.45) is 5.11. The van der Waals surface area contributed by atoms with Crippen molar-refractivity contribution in [3.05, 3.63) is 11.7 Å². The Kier molecular flexibility index (Phi) is 4.84. The summed E-state index contributed by atoms with van der Waals surface area (Å²) in [5.41, 5.74) is 0. The molecule has 1 heterocycles. The van der Waals surface area contributed by atoms with Gasteiger partial charge in [-0.1, -0.05) is 31.8 Å². The maximum absolute atomic E-state index is 5.11. The summed E-state index contributed by atoms with van der Waals surface area (Å²) in [6.45, 7) is 7.51. The SMILES string of the molecule is C#CCNCc1nc(CSC(C)(C)C)no1. The molecule has 1 N–H and O–H groups in total. The van der Waals surface area contributed by atoms with Crippen LogP contribution in [-0.4, -0.2) is 21.4 Å². The Balaban J connectivity index is 2.37. The lowest BCUT2D eigenvalue weighted by atomic mass is 10.3. The molecule has 0 aliphatic rings. The molecule has 5 heteroatoms. The summed E-state index contributed by atoms with van der Waals surface area (Å²) in [7, 11) is 0. The second-order valence-electron chi connectivity index (χ2n) is 4.31. The highest BCUT2D eigenvalue weighted by molar-refractivity contribution is 7.99. The highest BCUT2D eigenvalue weighted by atomic mass is 32.2. The van der Waals surface area contributed by atoms with Gasteiger partial charge < -0.3 is 4.52 Å². The topological polar surface area (TPSA) is 51.0 Å². The highest BCUT2D eigenvalue weighted by Gasteiger charge is 2.13. The van der Waals surface area contributed by atoms with Gasteiger partial charge in [-0.3, -0.25) is 5.32 Å². The first-order chi connectivity index (χ1) is 7.51. The third kappa shape index (κ3) is 5.19. The molecule has 0 aromatic carbocycles. The van der Waals surface area contributed by atoms with E-state index in [1.807, 2.05) is 0 Å². The number of rotatable bonds is 5. The fraction of sp³-hybridized carbons (Fsp3) is 0.636. The van der Waals surface area contributed by atoms with Crippen LogP contribution < -0.4 is 5.32 Å². The molecule has 1 aromatic heterocycles. The van der Waals surface area contributed by atoms with Crippen molar-refractivity contribution in [2.75, 3.05) is 6.54 Å². The first-order valence-electron chi connectivity index (χ1n) is 5.11. The molecular weight excluding hydrogens is 222 g/mol. The van der Waals surface area contributed by atoms with E-state index in [1.165, 1.54) is 0 Å². The molecule has 0 unspecified atom stereocenters. The largest absolute Gasteiger partial charge is 0.338 e. The van der Waals surface area contributed by atoms with E-state index < -0.39 is 0 Å². The van der Waals surface area contributed by atoms with E-state index in [-0.39, 0.29) is 4.75 Å². The predicted octanol–water partition coefficient (Wildman–Crippen LogP) is 1.82. The quantitative estimate of drug-likeness (QED) is 0.627. The molecule has 1 rings (SSSR count). The molecule has 0 saturated carbocycles. The summed E-state index contributed by atoms with van der Waals surface area (Å²) in [6, 6.07) is 0. The average Bonchev–Trinajstić information content (AvgIpc) is 2.62. The Morgan fingerprint density at radius 2 is 2.25 bits per heavy atom. The minimum absolute atomic E-state index is 0.211. The maximum atomic E-state index is 5.11. The zero-order valence-electron chi connectivity index (χ0n) is 9.91. The second kappa shape index (κ2) is 5.92. The molecule has 1 aromatic rings.